The third-order valence-electron chi connectivity index (χ3n) is 8.68. The van der Waals surface area contributed by atoms with Crippen molar-refractivity contribution in [3.8, 4) is 0 Å². The zero-order valence-electron chi connectivity index (χ0n) is 20.6. The van der Waals surface area contributed by atoms with E-state index in [0.717, 1.165) is 11.1 Å². The van der Waals surface area contributed by atoms with Gasteiger partial charge < -0.3 is 0 Å². The first-order valence-electron chi connectivity index (χ1n) is 12.8. The molecule has 3 fully saturated rings. The predicted octanol–water partition coefficient (Wildman–Crippen LogP) is 4.85. The van der Waals surface area contributed by atoms with Crippen LogP contribution in [0.1, 0.15) is 42.4 Å². The zero-order valence-corrected chi connectivity index (χ0v) is 21.4. The van der Waals surface area contributed by atoms with Crippen molar-refractivity contribution in [1.29, 1.82) is 0 Å². The maximum absolute atomic E-state index is 14.8. The second-order valence-corrected chi connectivity index (χ2v) is 12.8. The number of alkyl halides is 6. The highest BCUT2D eigenvalue weighted by molar-refractivity contribution is 7.87. The van der Waals surface area contributed by atoms with Crippen LogP contribution in [0.2, 0.25) is 0 Å². The summed E-state index contributed by atoms with van der Waals surface area (Å²) < 4.78 is 121. The molecule has 38 heavy (non-hydrogen) atoms. The van der Waals surface area contributed by atoms with Gasteiger partial charge >= 0.3 is 12.4 Å². The van der Waals surface area contributed by atoms with Crippen LogP contribution in [-0.2, 0) is 23.1 Å². The van der Waals surface area contributed by atoms with Crippen LogP contribution in [0.15, 0.2) is 24.0 Å². The summed E-state index contributed by atoms with van der Waals surface area (Å²) in [7, 11) is -4.27. The molecular weight excluding hydrogens is 539 g/mol. The molecule has 5 rings (SSSR count). The molecule has 1 spiro atoms. The normalized spacial score (nSPS) is 31.1. The van der Waals surface area contributed by atoms with Gasteiger partial charge in [0.05, 0.1) is 18.0 Å². The Balaban J connectivity index is 1.29. The van der Waals surface area contributed by atoms with Gasteiger partial charge in [0.1, 0.15) is 12.4 Å². The highest BCUT2D eigenvalue weighted by Crippen LogP contribution is 2.50. The van der Waals surface area contributed by atoms with Crippen molar-refractivity contribution in [3.63, 3.8) is 0 Å². The lowest BCUT2D eigenvalue weighted by atomic mass is 9.79. The lowest BCUT2D eigenvalue weighted by molar-refractivity contribution is -0.184. The van der Waals surface area contributed by atoms with Gasteiger partial charge in [-0.15, -0.1) is 0 Å². The van der Waals surface area contributed by atoms with Crippen LogP contribution in [0.3, 0.4) is 0 Å². The van der Waals surface area contributed by atoms with E-state index in [1.165, 1.54) is 6.08 Å². The highest BCUT2D eigenvalue weighted by Gasteiger charge is 2.60. The van der Waals surface area contributed by atoms with E-state index >= 15 is 0 Å². The van der Waals surface area contributed by atoms with E-state index in [1.54, 1.807) is 11.0 Å². The Labute approximate surface area is 217 Å². The molecule has 2 aliphatic carbocycles. The lowest BCUT2D eigenvalue weighted by Gasteiger charge is -2.33. The van der Waals surface area contributed by atoms with Crippen LogP contribution in [0, 0.1) is 17.8 Å². The monoisotopic (exact) mass is 569 g/mol. The molecule has 0 aromatic heterocycles. The number of rotatable bonds is 4. The first-order chi connectivity index (χ1) is 17.6. The van der Waals surface area contributed by atoms with Crippen molar-refractivity contribution in [2.75, 3.05) is 32.7 Å². The minimum Gasteiger partial charge on any atom is -0.297 e. The van der Waals surface area contributed by atoms with Crippen LogP contribution in [0.4, 0.5) is 30.7 Å². The number of fused-ring (bicyclic) bond motifs is 1. The van der Waals surface area contributed by atoms with Gasteiger partial charge in [0.25, 0.3) is 10.2 Å². The molecule has 212 valence electrons. The summed E-state index contributed by atoms with van der Waals surface area (Å²) in [4.78, 5) is 1.67. The van der Waals surface area contributed by atoms with Crippen molar-refractivity contribution in [1.82, 2.24) is 13.9 Å². The minimum absolute atomic E-state index is 0.0515. The lowest BCUT2D eigenvalue weighted by Crippen LogP contribution is -2.52. The molecule has 13 heteroatoms. The van der Waals surface area contributed by atoms with Gasteiger partial charge in [0.2, 0.25) is 0 Å². The molecule has 4 aliphatic rings. The van der Waals surface area contributed by atoms with E-state index in [9.17, 15) is 39.2 Å². The van der Waals surface area contributed by atoms with Crippen molar-refractivity contribution < 1.29 is 39.2 Å². The Morgan fingerprint density at radius 1 is 1.00 bits per heavy atom. The predicted molar refractivity (Wildman–Crippen MR) is 127 cm³/mol. The van der Waals surface area contributed by atoms with E-state index < -0.39 is 46.4 Å². The molecule has 3 atom stereocenters. The van der Waals surface area contributed by atoms with Crippen LogP contribution >= 0.6 is 0 Å². The standard InChI is InChI=1S/C25H30F7N3O2S/c26-22(13-34-7-5-19(6-8-34)25(30,31)32)10-16-1-2-17-11-20-3-4-21(12-18(17)9-16)23(20)14-35(15-24(27,28)29)38(36,37)33-23/h1-2,9-10,19-21,33H,3-8,11-15H2/t20-,21+,23+/m0/s1. The first-order valence-corrected chi connectivity index (χ1v) is 14.2. The molecule has 2 bridgehead atoms. The SMILES string of the molecule is O=S1(=O)N[C@@]2(CN1CC(F)(F)F)[C@@H]1CC[C@H]2Cc2ccc(C=C(F)CN3CCC(C(F)(F)F)CC3)cc2C1. The van der Waals surface area contributed by atoms with Crippen LogP contribution in [0.5, 0.6) is 0 Å². The smallest absolute Gasteiger partial charge is 0.297 e. The number of nitrogens with one attached hydrogen (secondary N) is 1. The molecule has 1 N–H and O–H groups in total. The summed E-state index contributed by atoms with van der Waals surface area (Å²) >= 11 is 0. The topological polar surface area (TPSA) is 52.7 Å². The summed E-state index contributed by atoms with van der Waals surface area (Å²) in [6, 6.07) is 5.43. The minimum atomic E-state index is -4.65. The van der Waals surface area contributed by atoms with E-state index in [1.807, 2.05) is 12.1 Å². The van der Waals surface area contributed by atoms with E-state index in [-0.39, 0.29) is 50.9 Å². The van der Waals surface area contributed by atoms with Gasteiger partial charge in [-0.25, -0.2) is 4.39 Å². The Kier molecular flexibility index (Phi) is 7.14. The molecule has 0 amide bonds. The number of nitrogens with zero attached hydrogens (tertiary/aromatic N) is 2. The molecule has 2 heterocycles. The summed E-state index contributed by atoms with van der Waals surface area (Å²) in [5, 5.41) is 0. The van der Waals surface area contributed by atoms with Gasteiger partial charge in [-0.05, 0) is 86.2 Å². The number of benzene rings is 1. The van der Waals surface area contributed by atoms with Crippen molar-refractivity contribution in [2.45, 2.75) is 56.4 Å². The third-order valence-corrected chi connectivity index (χ3v) is 10.3. The average molecular weight is 570 g/mol. The van der Waals surface area contributed by atoms with E-state index in [2.05, 4.69) is 4.72 Å². The first kappa shape index (κ1) is 27.9. The number of likely N-dealkylation sites (tertiary alicyclic amines) is 1. The second-order valence-electron chi connectivity index (χ2n) is 11.1. The van der Waals surface area contributed by atoms with E-state index in [4.69, 9.17) is 0 Å². The molecule has 1 saturated carbocycles. The number of piperidine rings is 1. The molecule has 1 aromatic rings. The maximum Gasteiger partial charge on any atom is 0.402 e. The number of halogens is 7. The summed E-state index contributed by atoms with van der Waals surface area (Å²) in [6.07, 6.45) is -5.27. The Hall–Kier alpha value is -1.70. The van der Waals surface area contributed by atoms with Gasteiger partial charge in [-0.3, -0.25) is 4.90 Å². The summed E-state index contributed by atoms with van der Waals surface area (Å²) in [5.41, 5.74) is 1.49. The highest BCUT2D eigenvalue weighted by atomic mass is 32.2. The van der Waals surface area contributed by atoms with Crippen molar-refractivity contribution in [2.24, 2.45) is 17.8 Å². The fraction of sp³-hybridized carbons (Fsp3) is 0.680. The summed E-state index contributed by atoms with van der Waals surface area (Å²) in [5.74, 6) is -2.16. The zero-order chi connectivity index (χ0) is 27.5. The van der Waals surface area contributed by atoms with Crippen LogP contribution < -0.4 is 4.72 Å². The fourth-order valence-electron chi connectivity index (χ4n) is 6.81. The Morgan fingerprint density at radius 2 is 1.63 bits per heavy atom. The van der Waals surface area contributed by atoms with Crippen molar-refractivity contribution >= 4 is 16.3 Å². The maximum atomic E-state index is 14.8. The Morgan fingerprint density at radius 3 is 2.24 bits per heavy atom. The van der Waals surface area contributed by atoms with Crippen LogP contribution in [-0.4, -0.2) is 68.2 Å². The van der Waals surface area contributed by atoms with Crippen molar-refractivity contribution in [3.05, 3.63) is 40.7 Å². The molecule has 2 aliphatic heterocycles. The second kappa shape index (κ2) is 9.74. The molecule has 0 radical (unpaired) electrons. The van der Waals surface area contributed by atoms with Gasteiger partial charge in [0, 0.05) is 6.54 Å². The van der Waals surface area contributed by atoms with Gasteiger partial charge in [0.15, 0.2) is 0 Å². The van der Waals surface area contributed by atoms with Gasteiger partial charge in [-0.2, -0.15) is 43.8 Å². The van der Waals surface area contributed by atoms with Gasteiger partial charge in [-0.1, -0.05) is 18.2 Å². The largest absolute Gasteiger partial charge is 0.402 e. The van der Waals surface area contributed by atoms with Crippen LogP contribution in [0.25, 0.3) is 6.08 Å². The molecule has 1 aromatic carbocycles. The quantitative estimate of drug-likeness (QED) is 0.528. The number of hydrogen-bond donors (Lipinski definition) is 1. The third kappa shape index (κ3) is 5.62. The van der Waals surface area contributed by atoms with E-state index in [0.29, 0.717) is 35.6 Å². The molecule has 5 nitrogen and oxygen atoms in total. The summed E-state index contributed by atoms with van der Waals surface area (Å²) in [6.45, 7) is -1.50. The number of hydrogen-bond acceptors (Lipinski definition) is 3. The molecule has 0 unspecified atom stereocenters. The Bertz CT molecular complexity index is 1190. The average Bonchev–Trinajstić information content (AvgIpc) is 3.17. The molecule has 2 saturated heterocycles. The molecular formula is C25H30F7N3O2S. The fourth-order valence-corrected chi connectivity index (χ4v) is 8.52.